The van der Waals surface area contributed by atoms with Crippen LogP contribution in [0, 0.1) is 0 Å². The van der Waals surface area contributed by atoms with Crippen LogP contribution in [0.2, 0.25) is 0 Å². The molecule has 0 spiro atoms. The number of aliphatic hydroxyl groups is 1. The number of carbonyl (C=O) groups excluding carboxylic acids is 1. The largest absolute Gasteiger partial charge is 0.508 e. The third kappa shape index (κ3) is 4.67. The summed E-state index contributed by atoms with van der Waals surface area (Å²) in [4.78, 5) is 15.5. The van der Waals surface area contributed by atoms with Gasteiger partial charge in [0.25, 0.3) is 0 Å². The summed E-state index contributed by atoms with van der Waals surface area (Å²) in [6.07, 6.45) is -1.53. The van der Waals surface area contributed by atoms with Gasteiger partial charge in [0.2, 0.25) is 0 Å². The molecule has 0 fully saturated rings. The monoisotopic (exact) mass is 361 g/mol. The number of benzene rings is 1. The highest BCUT2D eigenvalue weighted by atomic mass is 16.5. The first-order chi connectivity index (χ1) is 12.3. The van der Waals surface area contributed by atoms with Crippen LogP contribution in [-0.4, -0.2) is 33.9 Å². The molecule has 1 heterocycles. The summed E-state index contributed by atoms with van der Waals surface area (Å²) in [5, 5.41) is 25.3. The Morgan fingerprint density at radius 2 is 1.96 bits per heavy atom. The lowest BCUT2D eigenvalue weighted by Crippen LogP contribution is -2.25. The topological polar surface area (TPSA) is 156 Å². The van der Waals surface area contributed by atoms with E-state index < -0.39 is 18.2 Å². The molecule has 2 aromatic rings. The average Bonchev–Trinajstić information content (AvgIpc) is 2.59. The number of amides is 1. The minimum atomic E-state index is -0.870. The molecule has 0 saturated carbocycles. The van der Waals surface area contributed by atoms with E-state index in [1.165, 1.54) is 18.2 Å². The average molecular weight is 361 g/mol. The third-order valence-electron chi connectivity index (χ3n) is 3.69. The number of anilines is 4. The first-order valence-corrected chi connectivity index (χ1v) is 8.05. The second-order valence-electron chi connectivity index (χ2n) is 5.67. The molecule has 8 N–H and O–H groups in total. The molecular formula is C17H23N5O4. The molecule has 1 aromatic carbocycles. The van der Waals surface area contributed by atoms with Crippen molar-refractivity contribution >= 4 is 29.1 Å². The van der Waals surface area contributed by atoms with Gasteiger partial charge in [-0.05, 0) is 31.5 Å². The molecule has 1 amide bonds. The van der Waals surface area contributed by atoms with Crippen molar-refractivity contribution in [3.8, 4) is 5.75 Å². The first kappa shape index (κ1) is 19.1. The number of nitrogens with one attached hydrogen (secondary N) is 2. The number of carbonyl (C=O) groups is 1. The fourth-order valence-corrected chi connectivity index (χ4v) is 2.31. The van der Waals surface area contributed by atoms with Crippen LogP contribution in [0.5, 0.6) is 5.75 Å². The third-order valence-corrected chi connectivity index (χ3v) is 3.69. The van der Waals surface area contributed by atoms with Crippen molar-refractivity contribution < 1.29 is 19.7 Å². The molecule has 9 heteroatoms. The van der Waals surface area contributed by atoms with E-state index in [0.717, 1.165) is 0 Å². The zero-order chi connectivity index (χ0) is 19.3. The van der Waals surface area contributed by atoms with Crippen LogP contribution in [0.25, 0.3) is 0 Å². The molecule has 0 aliphatic heterocycles. The molecule has 2 atom stereocenters. The molecule has 9 nitrogen and oxygen atoms in total. The van der Waals surface area contributed by atoms with Gasteiger partial charge in [-0.2, -0.15) is 0 Å². The highest BCUT2D eigenvalue weighted by Crippen LogP contribution is 2.30. The number of hydrogen-bond donors (Lipinski definition) is 6. The number of phenols is 1. The van der Waals surface area contributed by atoms with Gasteiger partial charge in [0.1, 0.15) is 11.6 Å². The summed E-state index contributed by atoms with van der Waals surface area (Å²) in [5.41, 5.74) is 13.0. The lowest BCUT2D eigenvalue weighted by molar-refractivity contribution is 0.160. The fraction of sp³-hybridized carbons (Fsp3) is 0.294. The van der Waals surface area contributed by atoms with Crippen molar-refractivity contribution in [2.75, 3.05) is 28.7 Å². The Labute approximate surface area is 151 Å². The summed E-state index contributed by atoms with van der Waals surface area (Å²) in [5.74, 6) is 0.319. The molecule has 1 aromatic heterocycles. The van der Waals surface area contributed by atoms with E-state index in [4.69, 9.17) is 16.2 Å². The molecule has 2 rings (SSSR count). The predicted octanol–water partition coefficient (Wildman–Crippen LogP) is 2.05. The summed E-state index contributed by atoms with van der Waals surface area (Å²) in [6, 6.07) is 7.28. The molecule has 140 valence electrons. The van der Waals surface area contributed by atoms with Crippen LogP contribution < -0.4 is 22.1 Å². The first-order valence-electron chi connectivity index (χ1n) is 8.05. The maximum Gasteiger partial charge on any atom is 0.412 e. The summed E-state index contributed by atoms with van der Waals surface area (Å²) < 4.78 is 4.80. The number of nitrogens with zero attached hydrogens (tertiary/aromatic N) is 1. The number of aromatic nitrogens is 1. The Morgan fingerprint density at radius 3 is 2.58 bits per heavy atom. The van der Waals surface area contributed by atoms with Crippen molar-refractivity contribution in [1.82, 2.24) is 4.98 Å². The van der Waals surface area contributed by atoms with Crippen LogP contribution in [-0.2, 0) is 4.74 Å². The van der Waals surface area contributed by atoms with Crippen LogP contribution >= 0.6 is 0 Å². The molecule has 0 radical (unpaired) electrons. The van der Waals surface area contributed by atoms with E-state index in [9.17, 15) is 15.0 Å². The van der Waals surface area contributed by atoms with Crippen LogP contribution in [0.1, 0.15) is 25.5 Å². The standard InChI is InChI=1S/C17H23N5O4/c1-3-26-17(25)22-13-8-12(14(18)16(19)21-13)20-9(2)15(24)10-4-6-11(23)7-5-10/h4-9,15,23-24H,3,18H2,1-2H3,(H4,19,20,21,22,25)/t9?,15-/m1/s1. The van der Waals surface area contributed by atoms with Crippen molar-refractivity contribution in [3.63, 3.8) is 0 Å². The molecule has 1 unspecified atom stereocenters. The van der Waals surface area contributed by atoms with Crippen molar-refractivity contribution in [2.24, 2.45) is 0 Å². The normalized spacial score (nSPS) is 12.9. The molecule has 0 bridgehead atoms. The molecule has 0 aliphatic rings. The van der Waals surface area contributed by atoms with Gasteiger partial charge in [-0.15, -0.1) is 0 Å². The molecular weight excluding hydrogens is 338 g/mol. The lowest BCUT2D eigenvalue weighted by atomic mass is 10.0. The van der Waals surface area contributed by atoms with E-state index >= 15 is 0 Å². The van der Waals surface area contributed by atoms with Crippen molar-refractivity contribution in [1.29, 1.82) is 0 Å². The summed E-state index contributed by atoms with van der Waals surface area (Å²) in [7, 11) is 0. The second-order valence-corrected chi connectivity index (χ2v) is 5.67. The van der Waals surface area contributed by atoms with Gasteiger partial charge in [-0.3, -0.25) is 5.32 Å². The van der Waals surface area contributed by atoms with E-state index in [2.05, 4.69) is 15.6 Å². The van der Waals surface area contributed by atoms with Crippen molar-refractivity contribution in [3.05, 3.63) is 35.9 Å². The van der Waals surface area contributed by atoms with Gasteiger partial charge >= 0.3 is 6.09 Å². The quantitative estimate of drug-likeness (QED) is 0.456. The number of nitrogen functional groups attached to an aromatic ring is 2. The number of hydrogen-bond acceptors (Lipinski definition) is 8. The number of phenolic OH excluding ortho intramolecular Hbond substituents is 1. The number of ether oxygens (including phenoxy) is 1. The predicted molar refractivity (Wildman–Crippen MR) is 99.9 cm³/mol. The molecule has 0 aliphatic carbocycles. The maximum absolute atomic E-state index is 11.5. The van der Waals surface area contributed by atoms with Crippen LogP contribution in [0.3, 0.4) is 0 Å². The lowest BCUT2D eigenvalue weighted by Gasteiger charge is -2.23. The van der Waals surface area contributed by atoms with E-state index in [0.29, 0.717) is 11.3 Å². The van der Waals surface area contributed by atoms with Gasteiger partial charge < -0.3 is 31.7 Å². The zero-order valence-corrected chi connectivity index (χ0v) is 14.6. The number of aliphatic hydroxyl groups excluding tert-OH is 1. The summed E-state index contributed by atoms with van der Waals surface area (Å²) >= 11 is 0. The zero-order valence-electron chi connectivity index (χ0n) is 14.6. The maximum atomic E-state index is 11.5. The minimum absolute atomic E-state index is 0.0353. The van der Waals surface area contributed by atoms with E-state index in [1.807, 2.05) is 0 Å². The number of pyridine rings is 1. The van der Waals surface area contributed by atoms with Gasteiger partial charge in [-0.25, -0.2) is 9.78 Å². The number of rotatable bonds is 6. The summed E-state index contributed by atoms with van der Waals surface area (Å²) in [6.45, 7) is 3.66. The van der Waals surface area contributed by atoms with Gasteiger partial charge in [-0.1, -0.05) is 12.1 Å². The second kappa shape index (κ2) is 8.26. The van der Waals surface area contributed by atoms with Crippen LogP contribution in [0.4, 0.5) is 27.8 Å². The smallest absolute Gasteiger partial charge is 0.412 e. The van der Waals surface area contributed by atoms with Gasteiger partial charge in [0.05, 0.1) is 30.1 Å². The Bertz CT molecular complexity index is 766. The van der Waals surface area contributed by atoms with E-state index in [1.54, 1.807) is 26.0 Å². The Morgan fingerprint density at radius 1 is 1.31 bits per heavy atom. The Balaban J connectivity index is 2.17. The fourth-order valence-electron chi connectivity index (χ4n) is 2.31. The Kier molecular flexibility index (Phi) is 6.07. The van der Waals surface area contributed by atoms with E-state index in [-0.39, 0.29) is 29.7 Å². The van der Waals surface area contributed by atoms with Crippen LogP contribution in [0.15, 0.2) is 30.3 Å². The Hall–Kier alpha value is -3.20. The van der Waals surface area contributed by atoms with Crippen molar-refractivity contribution in [2.45, 2.75) is 26.0 Å². The molecule has 26 heavy (non-hydrogen) atoms. The SMILES string of the molecule is CCOC(=O)Nc1cc(NC(C)[C@@H](O)c2ccc(O)cc2)c(N)c(N)n1. The highest BCUT2D eigenvalue weighted by molar-refractivity contribution is 5.87. The minimum Gasteiger partial charge on any atom is -0.508 e. The highest BCUT2D eigenvalue weighted by Gasteiger charge is 2.19. The van der Waals surface area contributed by atoms with Gasteiger partial charge in [0, 0.05) is 6.07 Å². The number of aromatic hydroxyl groups is 1. The number of nitrogens with two attached hydrogens (primary N) is 2. The molecule has 0 saturated heterocycles. The van der Waals surface area contributed by atoms with Gasteiger partial charge in [0.15, 0.2) is 5.82 Å².